The Morgan fingerprint density at radius 2 is 1.88 bits per heavy atom. The first kappa shape index (κ1) is 22.6. The van der Waals surface area contributed by atoms with Crippen LogP contribution in [0.25, 0.3) is 0 Å². The quantitative estimate of drug-likeness (QED) is 0.736. The van der Waals surface area contributed by atoms with Gasteiger partial charge < -0.3 is 19.9 Å². The molecule has 0 radical (unpaired) electrons. The van der Waals surface area contributed by atoms with E-state index in [4.69, 9.17) is 4.74 Å². The highest BCUT2D eigenvalue weighted by atomic mass is 19.1. The molecule has 6 nitrogen and oxygen atoms in total. The minimum Gasteiger partial charge on any atom is -0.443 e. The Morgan fingerprint density at radius 1 is 1.12 bits per heavy atom. The Kier molecular flexibility index (Phi) is 5.88. The summed E-state index contributed by atoms with van der Waals surface area (Å²) in [5.41, 5.74) is 1.20. The molecule has 4 atom stereocenters. The molecule has 3 fully saturated rings. The third-order valence-electron chi connectivity index (χ3n) is 8.14. The Labute approximate surface area is 195 Å². The molecule has 2 heterocycles. The molecule has 1 aromatic rings. The molecule has 1 saturated heterocycles. The lowest BCUT2D eigenvalue weighted by molar-refractivity contribution is -0.132. The molecule has 2 aliphatic heterocycles. The largest absolute Gasteiger partial charge is 0.443 e. The third-order valence-corrected chi connectivity index (χ3v) is 8.14. The van der Waals surface area contributed by atoms with Crippen LogP contribution in [-0.4, -0.2) is 52.6 Å². The number of hydrogen-bond donors (Lipinski definition) is 1. The molecule has 1 N–H and O–H groups in total. The first-order chi connectivity index (χ1) is 15.7. The molecule has 7 heteroatoms. The number of hydrogen-bond acceptors (Lipinski definition) is 4. The van der Waals surface area contributed by atoms with Gasteiger partial charge >= 0.3 is 6.09 Å². The van der Waals surface area contributed by atoms with Gasteiger partial charge in [0.15, 0.2) is 0 Å². The van der Waals surface area contributed by atoms with Gasteiger partial charge in [-0.05, 0) is 80.5 Å². The molecule has 2 saturated carbocycles. The second kappa shape index (κ2) is 8.57. The van der Waals surface area contributed by atoms with E-state index in [1.807, 2.05) is 4.90 Å². The summed E-state index contributed by atoms with van der Waals surface area (Å²) >= 11 is 0. The van der Waals surface area contributed by atoms with Gasteiger partial charge in [-0.15, -0.1) is 0 Å². The predicted molar refractivity (Wildman–Crippen MR) is 123 cm³/mol. The normalized spacial score (nSPS) is 33.2. The van der Waals surface area contributed by atoms with Crippen LogP contribution in [-0.2, 0) is 22.6 Å². The lowest BCUT2D eigenvalue weighted by Crippen LogP contribution is -2.61. The first-order valence-corrected chi connectivity index (χ1v) is 12.5. The Balaban J connectivity index is 1.24. The summed E-state index contributed by atoms with van der Waals surface area (Å²) in [6, 6.07) is 4.77. The van der Waals surface area contributed by atoms with Crippen molar-refractivity contribution in [3.05, 3.63) is 35.1 Å². The molecule has 33 heavy (non-hydrogen) atoms. The maximum absolute atomic E-state index is 13.6. The Hall–Kier alpha value is -2.15. The van der Waals surface area contributed by atoms with Crippen LogP contribution in [0.4, 0.5) is 9.18 Å². The topological polar surface area (TPSA) is 61.9 Å². The fourth-order valence-corrected chi connectivity index (χ4v) is 7.11. The van der Waals surface area contributed by atoms with Gasteiger partial charge in [-0.25, -0.2) is 9.18 Å². The average molecular weight is 458 g/mol. The standard InChI is InChI=1S/C26H36FN3O3/c1-18-9-19-12-25(2,33-24(32)29-7-3-4-8-29)17-26(11-18,13-19)28-14-23(31)30-15-20-5-6-22(27)10-21(20)16-30/h5-6,10,18-19,28H,3-4,7-9,11-17H2,1-2H3. The van der Waals surface area contributed by atoms with Gasteiger partial charge in [0.1, 0.15) is 11.4 Å². The molecule has 0 aromatic heterocycles. The molecular weight excluding hydrogens is 421 g/mol. The molecule has 5 rings (SSSR count). The Bertz CT molecular complexity index is 929. The van der Waals surface area contributed by atoms with Gasteiger partial charge in [0, 0.05) is 38.1 Å². The van der Waals surface area contributed by atoms with Gasteiger partial charge in [0.25, 0.3) is 0 Å². The van der Waals surface area contributed by atoms with Crippen LogP contribution in [0, 0.1) is 17.7 Å². The van der Waals surface area contributed by atoms with E-state index >= 15 is 0 Å². The lowest BCUT2D eigenvalue weighted by atomic mass is 9.59. The molecule has 4 unspecified atom stereocenters. The number of fused-ring (bicyclic) bond motifs is 3. The number of amides is 2. The van der Waals surface area contributed by atoms with Gasteiger partial charge in [-0.3, -0.25) is 4.79 Å². The minimum absolute atomic E-state index is 0.0390. The molecule has 4 aliphatic rings. The number of carbonyl (C=O) groups excluding carboxylic acids is 2. The smallest absolute Gasteiger partial charge is 0.410 e. The van der Waals surface area contributed by atoms with Crippen molar-refractivity contribution in [1.82, 2.24) is 15.1 Å². The van der Waals surface area contributed by atoms with Crippen LogP contribution in [0.15, 0.2) is 18.2 Å². The van der Waals surface area contributed by atoms with Crippen molar-refractivity contribution in [3.8, 4) is 0 Å². The number of benzene rings is 1. The number of halogens is 1. The summed E-state index contributed by atoms with van der Waals surface area (Å²) in [6.45, 7) is 7.19. The van der Waals surface area contributed by atoms with Crippen molar-refractivity contribution in [2.75, 3.05) is 19.6 Å². The van der Waals surface area contributed by atoms with Crippen LogP contribution in [0.1, 0.15) is 69.9 Å². The molecule has 2 bridgehead atoms. The van der Waals surface area contributed by atoms with Crippen molar-refractivity contribution in [1.29, 1.82) is 0 Å². The second-order valence-corrected chi connectivity index (χ2v) is 11.3. The van der Waals surface area contributed by atoms with Crippen molar-refractivity contribution >= 4 is 12.0 Å². The number of likely N-dealkylation sites (tertiary alicyclic amines) is 1. The van der Waals surface area contributed by atoms with E-state index in [0.717, 1.165) is 69.2 Å². The second-order valence-electron chi connectivity index (χ2n) is 11.3. The maximum atomic E-state index is 13.6. The zero-order chi connectivity index (χ0) is 23.2. The molecule has 2 amide bonds. The van der Waals surface area contributed by atoms with Gasteiger partial charge in [0.2, 0.25) is 5.91 Å². The van der Waals surface area contributed by atoms with Crippen molar-refractivity contribution in [2.24, 2.45) is 11.8 Å². The number of nitrogens with zero attached hydrogens (tertiary/aromatic N) is 2. The van der Waals surface area contributed by atoms with Crippen molar-refractivity contribution in [3.63, 3.8) is 0 Å². The Morgan fingerprint density at radius 3 is 2.67 bits per heavy atom. The van der Waals surface area contributed by atoms with Crippen molar-refractivity contribution < 1.29 is 18.7 Å². The highest BCUT2D eigenvalue weighted by Gasteiger charge is 2.52. The van der Waals surface area contributed by atoms with Gasteiger partial charge in [0.05, 0.1) is 6.54 Å². The van der Waals surface area contributed by atoms with E-state index in [9.17, 15) is 14.0 Å². The van der Waals surface area contributed by atoms with E-state index in [2.05, 4.69) is 19.2 Å². The maximum Gasteiger partial charge on any atom is 0.410 e. The average Bonchev–Trinajstić information content (AvgIpc) is 3.40. The summed E-state index contributed by atoms with van der Waals surface area (Å²) in [5.74, 6) is 0.842. The van der Waals surface area contributed by atoms with E-state index in [-0.39, 0.29) is 29.9 Å². The molecule has 1 aromatic carbocycles. The van der Waals surface area contributed by atoms with E-state index in [0.29, 0.717) is 24.9 Å². The van der Waals surface area contributed by atoms with E-state index < -0.39 is 5.60 Å². The lowest BCUT2D eigenvalue weighted by Gasteiger charge is -2.54. The summed E-state index contributed by atoms with van der Waals surface area (Å²) in [5, 5.41) is 3.64. The fourth-order valence-electron chi connectivity index (χ4n) is 7.11. The fraction of sp³-hybridized carbons (Fsp3) is 0.692. The summed E-state index contributed by atoms with van der Waals surface area (Å²) in [4.78, 5) is 29.5. The van der Waals surface area contributed by atoms with Crippen LogP contribution in [0.2, 0.25) is 0 Å². The number of rotatable bonds is 4. The SMILES string of the molecule is CC1CC2CC(NCC(=O)N3Cc4ccc(F)cc4C3)(C1)CC(C)(OC(=O)N1CCCC1)C2. The first-order valence-electron chi connectivity index (χ1n) is 12.5. The molecule has 2 aliphatic carbocycles. The molecule has 180 valence electrons. The van der Waals surface area contributed by atoms with Gasteiger partial charge in [-0.2, -0.15) is 0 Å². The van der Waals surface area contributed by atoms with Crippen LogP contribution in [0.3, 0.4) is 0 Å². The number of ether oxygens (including phenoxy) is 1. The zero-order valence-corrected chi connectivity index (χ0v) is 19.9. The van der Waals surface area contributed by atoms with E-state index in [1.165, 1.54) is 12.1 Å². The molecule has 0 spiro atoms. The monoisotopic (exact) mass is 457 g/mol. The summed E-state index contributed by atoms with van der Waals surface area (Å²) in [6.07, 6.45) is 6.68. The number of carbonyl (C=O) groups is 2. The highest BCUT2D eigenvalue weighted by Crippen LogP contribution is 2.50. The summed E-state index contributed by atoms with van der Waals surface area (Å²) < 4.78 is 19.7. The minimum atomic E-state index is -0.514. The van der Waals surface area contributed by atoms with Crippen LogP contribution >= 0.6 is 0 Å². The zero-order valence-electron chi connectivity index (χ0n) is 19.9. The van der Waals surface area contributed by atoms with E-state index in [1.54, 1.807) is 11.0 Å². The summed E-state index contributed by atoms with van der Waals surface area (Å²) in [7, 11) is 0. The highest BCUT2D eigenvalue weighted by molar-refractivity contribution is 5.79. The number of nitrogens with one attached hydrogen (secondary N) is 1. The van der Waals surface area contributed by atoms with Crippen LogP contribution in [0.5, 0.6) is 0 Å². The molecular formula is C26H36FN3O3. The van der Waals surface area contributed by atoms with Gasteiger partial charge in [-0.1, -0.05) is 13.0 Å². The van der Waals surface area contributed by atoms with Crippen LogP contribution < -0.4 is 5.32 Å². The predicted octanol–water partition coefficient (Wildman–Crippen LogP) is 4.22. The third kappa shape index (κ3) is 4.75. The van der Waals surface area contributed by atoms with Crippen molar-refractivity contribution in [2.45, 2.75) is 83.0 Å².